The van der Waals surface area contributed by atoms with E-state index in [1.54, 1.807) is 0 Å². The molecule has 0 bridgehead atoms. The van der Waals surface area contributed by atoms with E-state index >= 15 is 0 Å². The molecule has 0 aliphatic carbocycles. The van der Waals surface area contributed by atoms with E-state index in [2.05, 4.69) is 46.8 Å². The molecule has 3 heterocycles. The Kier molecular flexibility index (Phi) is 2.57. The van der Waals surface area contributed by atoms with Gasteiger partial charge in [-0.1, -0.05) is 0 Å². The summed E-state index contributed by atoms with van der Waals surface area (Å²) in [5.41, 5.74) is 2.50. The fourth-order valence-electron chi connectivity index (χ4n) is 3.05. The van der Waals surface area contributed by atoms with Gasteiger partial charge in [-0.05, 0) is 13.1 Å². The third kappa shape index (κ3) is 1.73. The molecule has 0 saturated carbocycles. The number of fused-ring (bicyclic) bond motifs is 2. The van der Waals surface area contributed by atoms with Crippen molar-refractivity contribution in [3.05, 3.63) is 18.3 Å². The van der Waals surface area contributed by atoms with Gasteiger partial charge < -0.3 is 23.8 Å². The van der Waals surface area contributed by atoms with E-state index in [0.717, 1.165) is 37.7 Å². The maximum Gasteiger partial charge on any atom is 0.231 e. The average Bonchev–Trinajstić information content (AvgIpc) is 3.03. The lowest BCUT2D eigenvalue weighted by atomic mass is 10.2. The molecule has 0 spiro atoms. The van der Waals surface area contributed by atoms with Crippen LogP contribution in [0.3, 0.4) is 0 Å². The summed E-state index contributed by atoms with van der Waals surface area (Å²) in [7, 11) is 4.27. The highest BCUT2D eigenvalue weighted by molar-refractivity contribution is 5.96. The van der Waals surface area contributed by atoms with Crippen LogP contribution in [0, 0.1) is 0 Å². The van der Waals surface area contributed by atoms with Crippen LogP contribution in [-0.4, -0.2) is 49.5 Å². The van der Waals surface area contributed by atoms with Crippen molar-refractivity contribution >= 4 is 16.6 Å². The second-order valence-corrected chi connectivity index (χ2v) is 5.64. The van der Waals surface area contributed by atoms with E-state index in [0.29, 0.717) is 6.79 Å². The van der Waals surface area contributed by atoms with Crippen molar-refractivity contribution in [1.82, 2.24) is 9.47 Å². The first-order chi connectivity index (χ1) is 9.72. The first-order valence-electron chi connectivity index (χ1n) is 7.04. The highest BCUT2D eigenvalue weighted by atomic mass is 16.7. The molecule has 0 N–H and O–H groups in total. The van der Waals surface area contributed by atoms with Crippen LogP contribution in [0.5, 0.6) is 11.5 Å². The van der Waals surface area contributed by atoms with Crippen LogP contribution in [0.15, 0.2) is 18.3 Å². The topological polar surface area (TPSA) is 29.9 Å². The van der Waals surface area contributed by atoms with E-state index in [1.165, 1.54) is 16.6 Å². The van der Waals surface area contributed by atoms with Crippen LogP contribution in [0.2, 0.25) is 0 Å². The highest BCUT2D eigenvalue weighted by Crippen LogP contribution is 2.40. The van der Waals surface area contributed by atoms with Crippen LogP contribution in [-0.2, 0) is 7.05 Å². The molecule has 0 radical (unpaired) electrons. The van der Waals surface area contributed by atoms with Gasteiger partial charge in [0.25, 0.3) is 0 Å². The Hall–Kier alpha value is -1.88. The summed E-state index contributed by atoms with van der Waals surface area (Å²) < 4.78 is 13.2. The molecule has 5 nitrogen and oxygen atoms in total. The molecule has 1 aromatic heterocycles. The number of hydrogen-bond acceptors (Lipinski definition) is 4. The van der Waals surface area contributed by atoms with E-state index < -0.39 is 0 Å². The fraction of sp³-hybridized carbons (Fsp3) is 0.467. The minimum Gasteiger partial charge on any atom is -0.454 e. The molecular formula is C15H19N3O2. The lowest BCUT2D eigenvalue weighted by molar-refractivity contribution is 0.174. The van der Waals surface area contributed by atoms with Gasteiger partial charge in [-0.2, -0.15) is 0 Å². The van der Waals surface area contributed by atoms with E-state index in [1.807, 2.05) is 0 Å². The molecule has 2 aromatic rings. The molecule has 106 valence electrons. The number of nitrogens with zero attached hydrogens (tertiary/aromatic N) is 3. The number of anilines is 1. The number of piperazine rings is 1. The predicted molar refractivity (Wildman–Crippen MR) is 78.8 cm³/mol. The average molecular weight is 273 g/mol. The first-order valence-corrected chi connectivity index (χ1v) is 7.04. The van der Waals surface area contributed by atoms with Crippen LogP contribution >= 0.6 is 0 Å². The number of aromatic nitrogens is 1. The molecular weight excluding hydrogens is 254 g/mol. The Morgan fingerprint density at radius 1 is 0.950 bits per heavy atom. The van der Waals surface area contributed by atoms with Crippen LogP contribution in [0.4, 0.5) is 5.69 Å². The third-order valence-corrected chi connectivity index (χ3v) is 4.31. The predicted octanol–water partition coefficient (Wildman–Crippen LogP) is 1.66. The zero-order valence-corrected chi connectivity index (χ0v) is 11.9. The van der Waals surface area contributed by atoms with Gasteiger partial charge in [0.05, 0.1) is 11.2 Å². The molecule has 1 aromatic carbocycles. The highest BCUT2D eigenvalue weighted by Gasteiger charge is 2.22. The zero-order chi connectivity index (χ0) is 13.7. The largest absolute Gasteiger partial charge is 0.454 e. The maximum atomic E-state index is 5.52. The Labute approximate surface area is 118 Å². The van der Waals surface area contributed by atoms with Gasteiger partial charge in [-0.15, -0.1) is 0 Å². The maximum absolute atomic E-state index is 5.52. The second-order valence-electron chi connectivity index (χ2n) is 5.64. The van der Waals surface area contributed by atoms with Crippen molar-refractivity contribution in [2.75, 3.05) is 44.9 Å². The number of rotatable bonds is 1. The lowest BCUT2D eigenvalue weighted by Gasteiger charge is -2.33. The number of aryl methyl sites for hydroxylation is 1. The lowest BCUT2D eigenvalue weighted by Crippen LogP contribution is -2.44. The summed E-state index contributed by atoms with van der Waals surface area (Å²) in [6.45, 7) is 4.70. The normalized spacial score (nSPS) is 19.0. The van der Waals surface area contributed by atoms with Crippen molar-refractivity contribution in [3.8, 4) is 11.5 Å². The molecule has 0 unspecified atom stereocenters. The van der Waals surface area contributed by atoms with Crippen molar-refractivity contribution in [2.45, 2.75) is 0 Å². The Balaban J connectivity index is 1.80. The minimum atomic E-state index is 0.329. The van der Waals surface area contributed by atoms with Gasteiger partial charge in [0.2, 0.25) is 6.79 Å². The molecule has 2 aliphatic heterocycles. The number of ether oxygens (including phenoxy) is 2. The number of benzene rings is 1. The fourth-order valence-corrected chi connectivity index (χ4v) is 3.05. The quantitative estimate of drug-likeness (QED) is 0.790. The van der Waals surface area contributed by atoms with E-state index in [9.17, 15) is 0 Å². The summed E-state index contributed by atoms with van der Waals surface area (Å²) in [4.78, 5) is 4.83. The second kappa shape index (κ2) is 4.31. The minimum absolute atomic E-state index is 0.329. The van der Waals surface area contributed by atoms with Crippen molar-refractivity contribution in [2.24, 2.45) is 7.05 Å². The summed E-state index contributed by atoms with van der Waals surface area (Å²) in [6, 6.07) is 4.20. The standard InChI is InChI=1S/C15H19N3O2/c1-16-3-5-18(6-4-16)13-9-17(2)12-8-15-14(7-11(12)13)19-10-20-15/h7-9H,3-6,10H2,1-2H3. The molecule has 1 saturated heterocycles. The summed E-state index contributed by atoms with van der Waals surface area (Å²) in [5.74, 6) is 1.71. The van der Waals surface area contributed by atoms with Crippen LogP contribution < -0.4 is 14.4 Å². The molecule has 0 amide bonds. The Morgan fingerprint density at radius 3 is 2.40 bits per heavy atom. The summed E-state index contributed by atoms with van der Waals surface area (Å²) >= 11 is 0. The van der Waals surface area contributed by atoms with Crippen LogP contribution in [0.1, 0.15) is 0 Å². The molecule has 4 rings (SSSR count). The summed E-state index contributed by atoms with van der Waals surface area (Å²) in [6.07, 6.45) is 2.21. The monoisotopic (exact) mass is 273 g/mol. The third-order valence-electron chi connectivity index (χ3n) is 4.31. The van der Waals surface area contributed by atoms with Gasteiger partial charge in [-0.25, -0.2) is 0 Å². The van der Waals surface area contributed by atoms with Crippen molar-refractivity contribution in [1.29, 1.82) is 0 Å². The van der Waals surface area contributed by atoms with Crippen molar-refractivity contribution < 1.29 is 9.47 Å². The Morgan fingerprint density at radius 2 is 1.65 bits per heavy atom. The Bertz CT molecular complexity index is 657. The number of hydrogen-bond donors (Lipinski definition) is 0. The molecule has 20 heavy (non-hydrogen) atoms. The number of likely N-dealkylation sites (N-methyl/N-ethyl adjacent to an activating group) is 1. The van der Waals surface area contributed by atoms with Gasteiger partial charge in [0.15, 0.2) is 11.5 Å². The van der Waals surface area contributed by atoms with Gasteiger partial charge >= 0.3 is 0 Å². The van der Waals surface area contributed by atoms with Gasteiger partial charge in [0.1, 0.15) is 0 Å². The van der Waals surface area contributed by atoms with E-state index in [-0.39, 0.29) is 0 Å². The first kappa shape index (κ1) is 11.9. The molecule has 1 fully saturated rings. The van der Waals surface area contributed by atoms with E-state index in [4.69, 9.17) is 9.47 Å². The van der Waals surface area contributed by atoms with Crippen LogP contribution in [0.25, 0.3) is 10.9 Å². The SMILES string of the molecule is CN1CCN(c2cn(C)c3cc4c(cc23)OCO4)CC1. The smallest absolute Gasteiger partial charge is 0.231 e. The van der Waals surface area contributed by atoms with Gasteiger partial charge in [0, 0.05) is 50.9 Å². The summed E-state index contributed by atoms with van der Waals surface area (Å²) in [5, 5.41) is 1.25. The molecule has 5 heteroatoms. The van der Waals surface area contributed by atoms with Crippen molar-refractivity contribution in [3.63, 3.8) is 0 Å². The molecule has 2 aliphatic rings. The van der Waals surface area contributed by atoms with Gasteiger partial charge in [-0.3, -0.25) is 0 Å². The molecule has 0 atom stereocenters. The zero-order valence-electron chi connectivity index (χ0n) is 11.9.